The predicted molar refractivity (Wildman–Crippen MR) is 72.1 cm³/mol. The lowest BCUT2D eigenvalue weighted by Gasteiger charge is -2.07. The lowest BCUT2D eigenvalue weighted by Crippen LogP contribution is -1.99. The highest BCUT2D eigenvalue weighted by atomic mass is 79.9. The molecule has 0 aliphatic heterocycles. The average Bonchev–Trinajstić information content (AvgIpc) is 2.35. The number of nitrogen functional groups attached to an aromatic ring is 1. The van der Waals surface area contributed by atoms with E-state index < -0.39 is 4.92 Å². The Kier molecular flexibility index (Phi) is 3.61. The summed E-state index contributed by atoms with van der Waals surface area (Å²) in [6, 6.07) is 4.65. The molecule has 0 spiro atoms. The fourth-order valence-electron chi connectivity index (χ4n) is 1.40. The molecule has 0 aliphatic rings. The molecule has 1 aromatic carbocycles. The van der Waals surface area contributed by atoms with Gasteiger partial charge >= 0.3 is 5.69 Å². The number of nitro benzene ring substituents is 1. The van der Waals surface area contributed by atoms with Gasteiger partial charge in [-0.1, -0.05) is 6.07 Å². The topological polar surface area (TPSA) is 104 Å². The summed E-state index contributed by atoms with van der Waals surface area (Å²) < 4.78 is 5.87. The lowest BCUT2D eigenvalue weighted by molar-refractivity contribution is -0.385. The zero-order valence-electron chi connectivity index (χ0n) is 9.83. The van der Waals surface area contributed by atoms with Crippen LogP contribution in [-0.4, -0.2) is 14.9 Å². The van der Waals surface area contributed by atoms with Gasteiger partial charge in [-0.25, -0.2) is 4.98 Å². The van der Waals surface area contributed by atoms with Crippen molar-refractivity contribution < 1.29 is 9.66 Å². The Bertz CT molecular complexity index is 648. The second-order valence-electron chi connectivity index (χ2n) is 3.71. The van der Waals surface area contributed by atoms with Crippen molar-refractivity contribution in [2.75, 3.05) is 5.73 Å². The highest BCUT2D eigenvalue weighted by Crippen LogP contribution is 2.34. The van der Waals surface area contributed by atoms with Crippen LogP contribution in [0.25, 0.3) is 0 Å². The Morgan fingerprint density at radius 1 is 1.47 bits per heavy atom. The summed E-state index contributed by atoms with van der Waals surface area (Å²) in [5.74, 6) is 0.238. The first-order valence-corrected chi connectivity index (χ1v) is 5.97. The van der Waals surface area contributed by atoms with Crippen molar-refractivity contribution in [1.82, 2.24) is 9.97 Å². The molecule has 2 rings (SSSR count). The molecule has 0 saturated heterocycles. The third-order valence-electron chi connectivity index (χ3n) is 2.25. The van der Waals surface area contributed by atoms with E-state index in [9.17, 15) is 10.1 Å². The Morgan fingerprint density at radius 3 is 2.89 bits per heavy atom. The highest BCUT2D eigenvalue weighted by Gasteiger charge is 2.17. The zero-order valence-corrected chi connectivity index (χ0v) is 11.4. The lowest BCUT2D eigenvalue weighted by atomic mass is 10.2. The van der Waals surface area contributed by atoms with E-state index >= 15 is 0 Å². The number of hydrogen-bond donors (Lipinski definition) is 1. The Labute approximate surface area is 116 Å². The minimum atomic E-state index is -0.513. The molecule has 0 aliphatic carbocycles. The Hall–Kier alpha value is -2.22. The van der Waals surface area contributed by atoms with Gasteiger partial charge in [0.1, 0.15) is 0 Å². The van der Waals surface area contributed by atoms with Gasteiger partial charge < -0.3 is 10.5 Å². The average molecular weight is 325 g/mol. The first-order chi connectivity index (χ1) is 8.97. The molecular formula is C11H9BrN4O3. The van der Waals surface area contributed by atoms with Crippen molar-refractivity contribution in [1.29, 1.82) is 0 Å². The van der Waals surface area contributed by atoms with Crippen LogP contribution in [0.5, 0.6) is 11.6 Å². The molecule has 0 saturated carbocycles. The molecule has 1 heterocycles. The summed E-state index contributed by atoms with van der Waals surface area (Å²) in [6.07, 6.45) is 1.41. The quantitative estimate of drug-likeness (QED) is 0.687. The van der Waals surface area contributed by atoms with Crippen LogP contribution >= 0.6 is 15.9 Å². The van der Waals surface area contributed by atoms with Crippen LogP contribution in [0, 0.1) is 17.0 Å². The van der Waals surface area contributed by atoms with Crippen LogP contribution in [0.3, 0.4) is 0 Å². The van der Waals surface area contributed by atoms with E-state index in [0.717, 1.165) is 5.56 Å². The number of anilines is 1. The van der Waals surface area contributed by atoms with E-state index in [4.69, 9.17) is 10.5 Å². The minimum Gasteiger partial charge on any atom is -0.430 e. The van der Waals surface area contributed by atoms with Gasteiger partial charge in [0.15, 0.2) is 0 Å². The first-order valence-electron chi connectivity index (χ1n) is 5.18. The number of rotatable bonds is 3. The van der Waals surface area contributed by atoms with Crippen LogP contribution in [0.1, 0.15) is 5.56 Å². The summed E-state index contributed by atoms with van der Waals surface area (Å²) in [4.78, 5) is 18.1. The molecule has 2 aromatic rings. The first kappa shape index (κ1) is 13.2. The van der Waals surface area contributed by atoms with Crippen molar-refractivity contribution >= 4 is 27.6 Å². The smallest absolute Gasteiger partial charge is 0.311 e. The van der Waals surface area contributed by atoms with E-state index in [1.807, 2.05) is 0 Å². The van der Waals surface area contributed by atoms with Crippen LogP contribution in [0.2, 0.25) is 0 Å². The van der Waals surface area contributed by atoms with Gasteiger partial charge in [0.05, 0.1) is 15.6 Å². The second kappa shape index (κ2) is 5.19. The molecule has 98 valence electrons. The molecule has 7 nitrogen and oxygen atoms in total. The van der Waals surface area contributed by atoms with Gasteiger partial charge in [0, 0.05) is 6.07 Å². The summed E-state index contributed by atoms with van der Waals surface area (Å²) in [6.45, 7) is 1.76. The fourth-order valence-corrected chi connectivity index (χ4v) is 1.67. The molecule has 2 N–H and O–H groups in total. The number of ether oxygens (including phenoxy) is 1. The van der Waals surface area contributed by atoms with Crippen molar-refractivity contribution in [3.05, 3.63) is 44.5 Å². The van der Waals surface area contributed by atoms with Gasteiger partial charge in [0.2, 0.25) is 17.6 Å². The largest absolute Gasteiger partial charge is 0.430 e. The van der Waals surface area contributed by atoms with Crippen LogP contribution in [0.4, 0.5) is 11.6 Å². The normalized spacial score (nSPS) is 10.2. The molecule has 0 atom stereocenters. The van der Waals surface area contributed by atoms with Gasteiger partial charge in [0.25, 0.3) is 0 Å². The number of nitrogens with two attached hydrogens (primary N) is 1. The molecular weight excluding hydrogens is 316 g/mol. The predicted octanol–water partition coefficient (Wildman–Crippen LogP) is 2.83. The monoisotopic (exact) mass is 324 g/mol. The minimum absolute atomic E-state index is 0.0213. The van der Waals surface area contributed by atoms with E-state index in [1.54, 1.807) is 13.0 Å². The highest BCUT2D eigenvalue weighted by molar-refractivity contribution is 9.10. The molecule has 0 radical (unpaired) electrons. The molecule has 1 aromatic heterocycles. The maximum atomic E-state index is 11.0. The van der Waals surface area contributed by atoms with Gasteiger partial charge in [-0.3, -0.25) is 10.1 Å². The number of halogens is 1. The maximum absolute atomic E-state index is 11.0. The van der Waals surface area contributed by atoms with Crippen molar-refractivity contribution in [2.45, 2.75) is 6.92 Å². The third-order valence-corrected chi connectivity index (χ3v) is 2.79. The molecule has 8 heteroatoms. The van der Waals surface area contributed by atoms with E-state index in [1.165, 1.54) is 18.3 Å². The molecule has 19 heavy (non-hydrogen) atoms. The molecule has 0 fully saturated rings. The zero-order chi connectivity index (χ0) is 14.0. The number of aryl methyl sites for hydroxylation is 1. The number of hydrogen-bond acceptors (Lipinski definition) is 6. The van der Waals surface area contributed by atoms with Crippen LogP contribution < -0.4 is 10.5 Å². The SMILES string of the molecule is Cc1ccc(Oc2nc(N)ncc2Br)c([N+](=O)[O-])c1. The summed E-state index contributed by atoms with van der Waals surface area (Å²) in [5, 5.41) is 11.0. The second-order valence-corrected chi connectivity index (χ2v) is 4.57. The molecule has 0 amide bonds. The Balaban J connectivity index is 2.43. The summed E-state index contributed by atoms with van der Waals surface area (Å²) in [7, 11) is 0. The van der Waals surface area contributed by atoms with Gasteiger partial charge in [-0.05, 0) is 34.5 Å². The maximum Gasteiger partial charge on any atom is 0.311 e. The standard InChI is InChI=1S/C11H9BrN4O3/c1-6-2-3-9(8(4-6)16(17)18)19-10-7(12)5-14-11(13)15-10/h2-5H,1H3,(H2,13,14,15). The number of benzene rings is 1. The number of nitro groups is 1. The third kappa shape index (κ3) is 2.97. The fraction of sp³-hybridized carbons (Fsp3) is 0.0909. The summed E-state index contributed by atoms with van der Waals surface area (Å²) >= 11 is 3.19. The number of aromatic nitrogens is 2. The van der Waals surface area contributed by atoms with E-state index in [0.29, 0.717) is 4.47 Å². The molecule has 0 unspecified atom stereocenters. The van der Waals surface area contributed by atoms with Crippen molar-refractivity contribution in [3.8, 4) is 11.6 Å². The van der Waals surface area contributed by atoms with Gasteiger partial charge in [-0.15, -0.1) is 0 Å². The van der Waals surface area contributed by atoms with Crippen molar-refractivity contribution in [3.63, 3.8) is 0 Å². The van der Waals surface area contributed by atoms with Crippen molar-refractivity contribution in [2.24, 2.45) is 0 Å². The van der Waals surface area contributed by atoms with Crippen LogP contribution in [0.15, 0.2) is 28.9 Å². The van der Waals surface area contributed by atoms with E-state index in [-0.39, 0.29) is 23.3 Å². The number of nitrogens with zero attached hydrogens (tertiary/aromatic N) is 3. The van der Waals surface area contributed by atoms with E-state index in [2.05, 4.69) is 25.9 Å². The summed E-state index contributed by atoms with van der Waals surface area (Å²) in [5.41, 5.74) is 6.08. The van der Waals surface area contributed by atoms with Gasteiger partial charge in [-0.2, -0.15) is 4.98 Å². The van der Waals surface area contributed by atoms with Crippen LogP contribution in [-0.2, 0) is 0 Å². The molecule has 0 bridgehead atoms. The Morgan fingerprint density at radius 2 is 2.21 bits per heavy atom.